The fourth-order valence-corrected chi connectivity index (χ4v) is 0.908. The van der Waals surface area contributed by atoms with Gasteiger partial charge >= 0.3 is 0 Å². The van der Waals surface area contributed by atoms with Crippen LogP contribution in [0.25, 0.3) is 0 Å². The minimum absolute atomic E-state index is 0.380. The van der Waals surface area contributed by atoms with Crippen LogP contribution in [-0.2, 0) is 0 Å². The van der Waals surface area contributed by atoms with Crippen molar-refractivity contribution < 1.29 is 0 Å². The van der Waals surface area contributed by atoms with E-state index in [2.05, 4.69) is 26.8 Å². The van der Waals surface area contributed by atoms with Crippen LogP contribution in [0.3, 0.4) is 0 Å². The van der Waals surface area contributed by atoms with Gasteiger partial charge in [-0.25, -0.2) is 0 Å². The number of nitrogens with zero attached hydrogens (tertiary/aromatic N) is 1. The third-order valence-electron chi connectivity index (χ3n) is 1.69. The molecule has 0 N–H and O–H groups in total. The van der Waals surface area contributed by atoms with Crippen LogP contribution in [0.15, 0.2) is 11.1 Å². The number of hydrogen-bond donors (Lipinski definition) is 0. The molecule has 0 aromatic rings. The molecule has 0 fully saturated rings. The van der Waals surface area contributed by atoms with Gasteiger partial charge in [-0.3, -0.25) is 0 Å². The molecule has 0 aromatic carbocycles. The Bertz CT molecular complexity index is 170. The Morgan fingerprint density at radius 2 is 2.00 bits per heavy atom. The van der Waals surface area contributed by atoms with Crippen molar-refractivity contribution in [3.05, 3.63) is 11.1 Å². The zero-order valence-electron chi connectivity index (χ0n) is 7.23. The molecule has 0 aromatic heterocycles. The molecule has 56 valence electrons. The van der Waals surface area contributed by atoms with Crippen LogP contribution < -0.4 is 0 Å². The van der Waals surface area contributed by atoms with Gasteiger partial charge in [0.05, 0.1) is 6.07 Å². The molecule has 10 heavy (non-hydrogen) atoms. The lowest BCUT2D eigenvalue weighted by molar-refractivity contribution is 0.775. The summed E-state index contributed by atoms with van der Waals surface area (Å²) in [6.07, 6.45) is 0.987. The Labute approximate surface area is 63.4 Å². The van der Waals surface area contributed by atoms with E-state index in [1.54, 1.807) is 0 Å². The molecule has 0 rings (SSSR count). The Morgan fingerprint density at radius 3 is 2.10 bits per heavy atom. The third-order valence-corrected chi connectivity index (χ3v) is 1.69. The van der Waals surface area contributed by atoms with E-state index in [1.165, 1.54) is 5.57 Å². The minimum atomic E-state index is 0.380. The lowest BCUT2D eigenvalue weighted by Gasteiger charge is -2.05. The predicted octanol–water partition coefficient (Wildman–Crippen LogP) is 2.89. The maximum absolute atomic E-state index is 8.69. The average Bonchev–Trinajstić information content (AvgIpc) is 1.88. The summed E-state index contributed by atoms with van der Waals surface area (Å²) in [6, 6.07) is 2.23. The maximum Gasteiger partial charge on any atom is 0.0949 e. The predicted molar refractivity (Wildman–Crippen MR) is 43.4 cm³/mol. The highest BCUT2D eigenvalue weighted by atomic mass is 14.3. The monoisotopic (exact) mass is 137 g/mol. The highest BCUT2D eigenvalue weighted by Gasteiger charge is 2.03. The highest BCUT2D eigenvalue weighted by molar-refractivity contribution is 5.27. The van der Waals surface area contributed by atoms with E-state index in [4.69, 9.17) is 5.26 Å². The fraction of sp³-hybridized carbons (Fsp3) is 0.667. The van der Waals surface area contributed by atoms with Crippen molar-refractivity contribution in [2.24, 2.45) is 5.92 Å². The van der Waals surface area contributed by atoms with Crippen molar-refractivity contribution in [2.75, 3.05) is 0 Å². The van der Waals surface area contributed by atoms with Crippen molar-refractivity contribution in [1.29, 1.82) is 5.26 Å². The molecule has 0 atom stereocenters. The highest BCUT2D eigenvalue weighted by Crippen LogP contribution is 2.15. The molecule has 0 heterocycles. The van der Waals surface area contributed by atoms with Gasteiger partial charge in [-0.05, 0) is 19.3 Å². The van der Waals surface area contributed by atoms with Crippen LogP contribution in [0, 0.1) is 17.2 Å². The molecule has 0 saturated carbocycles. The normalized spacial score (nSPS) is 12.8. The van der Waals surface area contributed by atoms with Gasteiger partial charge in [-0.2, -0.15) is 5.26 Å². The van der Waals surface area contributed by atoms with Crippen LogP contribution in [0.5, 0.6) is 0 Å². The summed E-state index contributed by atoms with van der Waals surface area (Å²) in [5, 5.41) is 8.69. The molecule has 0 unspecified atom stereocenters. The number of hydrogen-bond acceptors (Lipinski definition) is 1. The number of rotatable bonds is 2. The van der Waals surface area contributed by atoms with Crippen molar-refractivity contribution in [1.82, 2.24) is 0 Å². The van der Waals surface area contributed by atoms with Crippen molar-refractivity contribution in [3.63, 3.8) is 0 Å². The summed E-state index contributed by atoms with van der Waals surface area (Å²) < 4.78 is 0. The van der Waals surface area contributed by atoms with Gasteiger partial charge in [0.25, 0.3) is 0 Å². The zero-order chi connectivity index (χ0) is 8.15. The van der Waals surface area contributed by atoms with E-state index in [1.807, 2.05) is 6.92 Å². The molecule has 0 saturated heterocycles. The van der Waals surface area contributed by atoms with Crippen LogP contribution in [0.2, 0.25) is 0 Å². The number of nitriles is 1. The molecule has 0 bridgehead atoms. The van der Waals surface area contributed by atoms with E-state index in [-0.39, 0.29) is 0 Å². The van der Waals surface area contributed by atoms with Crippen LogP contribution in [0.1, 0.15) is 34.1 Å². The van der Waals surface area contributed by atoms with Crippen molar-refractivity contribution in [3.8, 4) is 6.07 Å². The SMILES string of the molecule is CC/C(C)=C(/C#N)C(C)C. The molecule has 0 amide bonds. The zero-order valence-corrected chi connectivity index (χ0v) is 7.23. The van der Waals surface area contributed by atoms with Gasteiger partial charge in [0.1, 0.15) is 0 Å². The molecule has 0 aliphatic rings. The molecular formula is C9H15N. The molecular weight excluding hydrogens is 122 g/mol. The van der Waals surface area contributed by atoms with E-state index in [9.17, 15) is 0 Å². The topological polar surface area (TPSA) is 23.8 Å². The molecule has 1 heteroatoms. The summed E-state index contributed by atoms with van der Waals surface area (Å²) >= 11 is 0. The Kier molecular flexibility index (Phi) is 3.79. The lowest BCUT2D eigenvalue weighted by atomic mass is 9.98. The first kappa shape index (κ1) is 9.23. The molecule has 0 spiro atoms. The summed E-state index contributed by atoms with van der Waals surface area (Å²) in [4.78, 5) is 0. The van der Waals surface area contributed by atoms with Gasteiger partial charge in [0.2, 0.25) is 0 Å². The van der Waals surface area contributed by atoms with Crippen molar-refractivity contribution >= 4 is 0 Å². The first-order chi connectivity index (χ1) is 4.63. The van der Waals surface area contributed by atoms with E-state index >= 15 is 0 Å². The summed E-state index contributed by atoms with van der Waals surface area (Å²) in [5.74, 6) is 0.380. The van der Waals surface area contributed by atoms with E-state index in [0.717, 1.165) is 12.0 Å². The Morgan fingerprint density at radius 1 is 1.50 bits per heavy atom. The van der Waals surface area contributed by atoms with Gasteiger partial charge < -0.3 is 0 Å². The minimum Gasteiger partial charge on any atom is -0.193 e. The molecule has 0 radical (unpaired) electrons. The van der Waals surface area contributed by atoms with E-state index < -0.39 is 0 Å². The van der Waals surface area contributed by atoms with Gasteiger partial charge in [0.15, 0.2) is 0 Å². The van der Waals surface area contributed by atoms with Crippen LogP contribution in [0.4, 0.5) is 0 Å². The largest absolute Gasteiger partial charge is 0.193 e. The lowest BCUT2D eigenvalue weighted by Crippen LogP contribution is -1.94. The first-order valence-corrected chi connectivity index (χ1v) is 3.73. The molecule has 0 aliphatic carbocycles. The third kappa shape index (κ3) is 2.23. The standard InChI is InChI=1S/C9H15N/c1-5-8(4)9(6-10)7(2)3/h7H,5H2,1-4H3/b9-8-. The first-order valence-electron chi connectivity index (χ1n) is 3.73. The number of allylic oxidation sites excluding steroid dienone is 2. The average molecular weight is 137 g/mol. The quantitative estimate of drug-likeness (QED) is 0.537. The van der Waals surface area contributed by atoms with Crippen LogP contribution >= 0.6 is 0 Å². The second-order valence-electron chi connectivity index (χ2n) is 2.81. The van der Waals surface area contributed by atoms with E-state index in [0.29, 0.717) is 5.92 Å². The van der Waals surface area contributed by atoms with Gasteiger partial charge in [-0.15, -0.1) is 0 Å². The summed E-state index contributed by atoms with van der Waals surface area (Å²) in [6.45, 7) is 8.21. The summed E-state index contributed by atoms with van der Waals surface area (Å²) in [7, 11) is 0. The van der Waals surface area contributed by atoms with Crippen LogP contribution in [-0.4, -0.2) is 0 Å². The maximum atomic E-state index is 8.69. The Hall–Kier alpha value is -0.770. The molecule has 0 aliphatic heterocycles. The smallest absolute Gasteiger partial charge is 0.0949 e. The van der Waals surface area contributed by atoms with Crippen molar-refractivity contribution in [2.45, 2.75) is 34.1 Å². The summed E-state index contributed by atoms with van der Waals surface area (Å²) in [5.41, 5.74) is 2.17. The van der Waals surface area contributed by atoms with Gasteiger partial charge in [0, 0.05) is 5.57 Å². The fourth-order valence-electron chi connectivity index (χ4n) is 0.908. The second kappa shape index (κ2) is 4.11. The second-order valence-corrected chi connectivity index (χ2v) is 2.81. The van der Waals surface area contributed by atoms with Gasteiger partial charge in [-0.1, -0.05) is 26.3 Å². The Balaban J connectivity index is 4.50. The molecule has 1 nitrogen and oxygen atoms in total.